The molecular formula is C24H21F3N4O4. The van der Waals surface area contributed by atoms with E-state index < -0.39 is 18.0 Å². The molecule has 2 aliphatic carbocycles. The van der Waals surface area contributed by atoms with Gasteiger partial charge >= 0.3 is 12.4 Å². The van der Waals surface area contributed by atoms with Crippen LogP contribution in [-0.4, -0.2) is 39.2 Å². The number of hydrogen-bond donors (Lipinski definition) is 3. The molecule has 0 radical (unpaired) electrons. The smallest absolute Gasteiger partial charge is 0.507 e. The van der Waals surface area contributed by atoms with E-state index in [1.807, 2.05) is 0 Å². The first kappa shape index (κ1) is 22.8. The molecule has 2 fully saturated rings. The van der Waals surface area contributed by atoms with Gasteiger partial charge in [-0.1, -0.05) is 0 Å². The average molecular weight is 486 g/mol. The molecule has 1 heterocycles. The van der Waals surface area contributed by atoms with Gasteiger partial charge in [-0.3, -0.25) is 4.79 Å². The summed E-state index contributed by atoms with van der Waals surface area (Å²) in [5, 5.41) is 20.4. The molecule has 0 aliphatic heterocycles. The molecular weight excluding hydrogens is 465 g/mol. The fourth-order valence-corrected chi connectivity index (χ4v) is 3.65. The van der Waals surface area contributed by atoms with E-state index in [0.717, 1.165) is 43.5 Å². The van der Waals surface area contributed by atoms with Crippen molar-refractivity contribution in [3.8, 4) is 22.8 Å². The molecule has 2 amide bonds. The summed E-state index contributed by atoms with van der Waals surface area (Å²) in [6, 6.07) is 10.5. The van der Waals surface area contributed by atoms with Crippen molar-refractivity contribution in [3.05, 3.63) is 59.8 Å². The van der Waals surface area contributed by atoms with Gasteiger partial charge in [-0.15, -0.1) is 13.2 Å². The number of nitrogens with zero attached hydrogens (tertiary/aromatic N) is 2. The number of nitrogens with one attached hydrogen (secondary N) is 2. The van der Waals surface area contributed by atoms with Gasteiger partial charge in [0.25, 0.3) is 5.91 Å². The lowest BCUT2D eigenvalue weighted by molar-refractivity contribution is -0.274. The summed E-state index contributed by atoms with van der Waals surface area (Å²) in [5.74, 6) is -0.844. The minimum Gasteiger partial charge on any atom is -0.507 e. The average Bonchev–Trinajstić information content (AvgIpc) is 3.74. The van der Waals surface area contributed by atoms with Crippen LogP contribution in [0.1, 0.15) is 47.7 Å². The molecule has 0 spiro atoms. The summed E-state index contributed by atoms with van der Waals surface area (Å²) in [7, 11) is 0. The Bertz CT molecular complexity index is 1280. The molecule has 11 heteroatoms. The molecule has 2 aromatic carbocycles. The van der Waals surface area contributed by atoms with Crippen molar-refractivity contribution in [2.45, 2.75) is 44.0 Å². The first-order chi connectivity index (χ1) is 16.7. The van der Waals surface area contributed by atoms with Crippen LogP contribution in [0.4, 0.5) is 23.7 Å². The Morgan fingerprint density at radius 2 is 1.74 bits per heavy atom. The number of phenols is 1. The lowest BCUT2D eigenvalue weighted by Crippen LogP contribution is -2.32. The molecule has 2 saturated carbocycles. The molecule has 3 aromatic rings. The van der Waals surface area contributed by atoms with Gasteiger partial charge in [0.1, 0.15) is 11.5 Å². The molecule has 0 unspecified atom stereocenters. The first-order valence-electron chi connectivity index (χ1n) is 11.1. The van der Waals surface area contributed by atoms with E-state index in [1.165, 1.54) is 35.0 Å². The maximum atomic E-state index is 12.6. The summed E-state index contributed by atoms with van der Waals surface area (Å²) in [6.07, 6.45) is -1.02. The summed E-state index contributed by atoms with van der Waals surface area (Å²) in [5.41, 5.74) is 1.94. The Hall–Kier alpha value is -4.02. The Kier molecular flexibility index (Phi) is 5.62. The van der Waals surface area contributed by atoms with Crippen LogP contribution >= 0.6 is 0 Å². The summed E-state index contributed by atoms with van der Waals surface area (Å²) >= 11 is 0. The fourth-order valence-electron chi connectivity index (χ4n) is 3.65. The van der Waals surface area contributed by atoms with Crippen molar-refractivity contribution in [3.63, 3.8) is 0 Å². The van der Waals surface area contributed by atoms with Crippen LogP contribution in [0.5, 0.6) is 11.5 Å². The molecule has 8 nitrogen and oxygen atoms in total. The van der Waals surface area contributed by atoms with Gasteiger partial charge in [-0.05, 0) is 74.2 Å². The normalized spacial score (nSPS) is 15.5. The summed E-state index contributed by atoms with van der Waals surface area (Å²) < 4.78 is 42.1. The predicted octanol–water partition coefficient (Wildman–Crippen LogP) is 5.00. The first-order valence-corrected chi connectivity index (χ1v) is 11.1. The Labute approximate surface area is 197 Å². The molecule has 2 aliphatic rings. The topological polar surface area (TPSA) is 105 Å². The Balaban J connectivity index is 1.35. The number of carbonyl (C=O) groups is 2. The fraction of sp³-hybridized carbons (Fsp3) is 0.292. The van der Waals surface area contributed by atoms with Gasteiger partial charge in [-0.2, -0.15) is 9.78 Å². The van der Waals surface area contributed by atoms with Crippen LogP contribution in [0.15, 0.2) is 48.5 Å². The monoisotopic (exact) mass is 486 g/mol. The second-order valence-electron chi connectivity index (χ2n) is 8.62. The SMILES string of the molecule is O=C(Nc1ccc(O)c(-c2cc(C3CC3)n(C(=O)NC3CC3)n2)c1)c1ccc(OC(F)(F)F)cc1. The van der Waals surface area contributed by atoms with Crippen molar-refractivity contribution < 1.29 is 32.6 Å². The quantitative estimate of drug-likeness (QED) is 0.425. The molecule has 5 rings (SSSR count). The van der Waals surface area contributed by atoms with E-state index in [-0.39, 0.29) is 29.3 Å². The molecule has 3 N–H and O–H groups in total. The number of rotatable bonds is 6. The summed E-state index contributed by atoms with van der Waals surface area (Å²) in [4.78, 5) is 25.2. The van der Waals surface area contributed by atoms with Crippen LogP contribution in [0.3, 0.4) is 0 Å². The lowest BCUT2D eigenvalue weighted by Gasteiger charge is -2.10. The number of carbonyl (C=O) groups excluding carboxylic acids is 2. The number of amides is 2. The van der Waals surface area contributed by atoms with Crippen LogP contribution in [-0.2, 0) is 0 Å². The summed E-state index contributed by atoms with van der Waals surface area (Å²) in [6.45, 7) is 0. The zero-order chi connectivity index (χ0) is 24.7. The number of hydrogen-bond acceptors (Lipinski definition) is 5. The Morgan fingerprint density at radius 3 is 2.37 bits per heavy atom. The minimum atomic E-state index is -4.82. The molecule has 1 aromatic heterocycles. The zero-order valence-electron chi connectivity index (χ0n) is 18.3. The van der Waals surface area contributed by atoms with Crippen LogP contribution in [0.2, 0.25) is 0 Å². The molecule has 0 atom stereocenters. The van der Waals surface area contributed by atoms with Gasteiger partial charge in [0.15, 0.2) is 0 Å². The third-order valence-electron chi connectivity index (χ3n) is 5.71. The van der Waals surface area contributed by atoms with Crippen LogP contribution < -0.4 is 15.4 Å². The number of ether oxygens (including phenoxy) is 1. The largest absolute Gasteiger partial charge is 0.573 e. The van der Waals surface area contributed by atoms with Crippen molar-refractivity contribution in [1.82, 2.24) is 15.1 Å². The van der Waals surface area contributed by atoms with Crippen LogP contribution in [0, 0.1) is 0 Å². The zero-order valence-corrected chi connectivity index (χ0v) is 18.3. The van der Waals surface area contributed by atoms with Crippen molar-refractivity contribution in [2.24, 2.45) is 0 Å². The Morgan fingerprint density at radius 1 is 1.03 bits per heavy atom. The van der Waals surface area contributed by atoms with Gasteiger partial charge in [0, 0.05) is 28.8 Å². The van der Waals surface area contributed by atoms with Crippen LogP contribution in [0.25, 0.3) is 11.3 Å². The highest BCUT2D eigenvalue weighted by atomic mass is 19.4. The van der Waals surface area contributed by atoms with E-state index in [2.05, 4.69) is 20.5 Å². The lowest BCUT2D eigenvalue weighted by atomic mass is 10.1. The predicted molar refractivity (Wildman–Crippen MR) is 119 cm³/mol. The number of aromatic nitrogens is 2. The highest BCUT2D eigenvalue weighted by Gasteiger charge is 2.33. The third kappa shape index (κ3) is 5.39. The van der Waals surface area contributed by atoms with Gasteiger partial charge in [-0.25, -0.2) is 4.79 Å². The maximum absolute atomic E-state index is 12.6. The van der Waals surface area contributed by atoms with Crippen molar-refractivity contribution in [2.75, 3.05) is 5.32 Å². The van der Waals surface area contributed by atoms with E-state index in [9.17, 15) is 27.9 Å². The minimum absolute atomic E-state index is 0.0775. The van der Waals surface area contributed by atoms with E-state index >= 15 is 0 Å². The number of anilines is 1. The second-order valence-corrected chi connectivity index (χ2v) is 8.62. The number of alkyl halides is 3. The molecule has 0 saturated heterocycles. The maximum Gasteiger partial charge on any atom is 0.573 e. The standard InChI is InChI=1S/C24H21F3N4O4/c25-24(26,27)35-17-8-3-14(4-9-17)22(33)28-16-7-10-21(32)18(11-16)19-12-20(13-1-2-13)31(30-19)23(34)29-15-5-6-15/h3-4,7-13,15,32H,1-2,5-6H2,(H,28,33)(H,29,34). The van der Waals surface area contributed by atoms with Gasteiger partial charge in [0.2, 0.25) is 0 Å². The highest BCUT2D eigenvalue weighted by Crippen LogP contribution is 2.42. The highest BCUT2D eigenvalue weighted by molar-refractivity contribution is 6.04. The molecule has 182 valence electrons. The number of phenolic OH excluding ortho intramolecular Hbond substituents is 1. The van der Waals surface area contributed by atoms with E-state index in [0.29, 0.717) is 16.9 Å². The van der Waals surface area contributed by atoms with E-state index in [4.69, 9.17) is 0 Å². The third-order valence-corrected chi connectivity index (χ3v) is 5.71. The molecule has 35 heavy (non-hydrogen) atoms. The number of aromatic hydroxyl groups is 1. The second kappa shape index (κ2) is 8.64. The number of benzene rings is 2. The molecule has 0 bridgehead atoms. The van der Waals surface area contributed by atoms with Crippen molar-refractivity contribution >= 4 is 17.6 Å². The number of halogens is 3. The van der Waals surface area contributed by atoms with Crippen molar-refractivity contribution in [1.29, 1.82) is 0 Å². The van der Waals surface area contributed by atoms with Gasteiger partial charge in [0.05, 0.1) is 11.4 Å². The van der Waals surface area contributed by atoms with Gasteiger partial charge < -0.3 is 20.5 Å². The van der Waals surface area contributed by atoms with E-state index in [1.54, 1.807) is 6.07 Å².